The molecule has 0 amide bonds. The minimum absolute atomic E-state index is 0.744. The van der Waals surface area contributed by atoms with Crippen molar-refractivity contribution in [2.75, 3.05) is 0 Å². The third kappa shape index (κ3) is 2.89. The summed E-state index contributed by atoms with van der Waals surface area (Å²) in [5, 5.41) is 0. The van der Waals surface area contributed by atoms with Crippen LogP contribution in [0.3, 0.4) is 0 Å². The highest BCUT2D eigenvalue weighted by atomic mass is 32.1. The normalized spacial score (nSPS) is 12.1. The number of hydrogen-bond acceptors (Lipinski definition) is 2. The van der Waals surface area contributed by atoms with Crippen molar-refractivity contribution < 1.29 is 0 Å². The first-order valence-corrected chi connectivity index (χ1v) is 6.62. The van der Waals surface area contributed by atoms with Gasteiger partial charge in [0.15, 0.2) is 0 Å². The van der Waals surface area contributed by atoms with Gasteiger partial charge in [-0.2, -0.15) is 9.81 Å². The molecule has 0 unspecified atom stereocenters. The molecule has 2 aromatic rings. The monoisotopic (exact) mass is 270 g/mol. The van der Waals surface area contributed by atoms with E-state index in [9.17, 15) is 0 Å². The maximum absolute atomic E-state index is 5.46. The van der Waals surface area contributed by atoms with E-state index in [0.717, 1.165) is 20.9 Å². The summed E-state index contributed by atoms with van der Waals surface area (Å²) in [6.07, 6.45) is 0. The molecule has 0 aromatic heterocycles. The molecule has 0 saturated heterocycles. The highest BCUT2D eigenvalue weighted by Gasteiger charge is 1.93. The lowest BCUT2D eigenvalue weighted by atomic mass is 10.1. The lowest BCUT2D eigenvalue weighted by Crippen LogP contribution is -1.88. The second-order valence-corrected chi connectivity index (χ2v) is 5.21. The quantitative estimate of drug-likeness (QED) is 0.592. The van der Waals surface area contributed by atoms with Gasteiger partial charge in [0, 0.05) is 0 Å². The molecule has 0 spiro atoms. The summed E-state index contributed by atoms with van der Waals surface area (Å²) >= 11 is 10.9. The SMILES string of the molecule is Cc1ccc(/C([S-])=C(/[S-])c2ccc(C)cc2)cc1. The molecule has 0 aliphatic rings. The number of rotatable bonds is 2. The van der Waals surface area contributed by atoms with Gasteiger partial charge in [-0.1, -0.05) is 59.7 Å². The van der Waals surface area contributed by atoms with Crippen LogP contribution < -0.4 is 0 Å². The molecule has 0 N–H and O–H groups in total. The predicted molar refractivity (Wildman–Crippen MR) is 83.9 cm³/mol. The van der Waals surface area contributed by atoms with Gasteiger partial charge in [-0.25, -0.2) is 0 Å². The Balaban J connectivity index is 2.40. The molecule has 2 rings (SSSR count). The maximum atomic E-state index is 5.46. The van der Waals surface area contributed by atoms with Crippen molar-refractivity contribution in [1.82, 2.24) is 0 Å². The fourth-order valence-corrected chi connectivity index (χ4v) is 2.18. The third-order valence-electron chi connectivity index (χ3n) is 2.83. The van der Waals surface area contributed by atoms with Crippen LogP contribution in [0.15, 0.2) is 48.5 Å². The standard InChI is InChI=1S/C16H16S2/c1-11-3-7-13(8-4-11)15(17)16(18)14-9-5-12(2)6-10-14/h3-10,17-18H,1-2H3/p-2/b16-15-. The van der Waals surface area contributed by atoms with Crippen LogP contribution in [-0.2, 0) is 25.3 Å². The van der Waals surface area contributed by atoms with E-state index in [4.69, 9.17) is 25.3 Å². The molecule has 18 heavy (non-hydrogen) atoms. The van der Waals surface area contributed by atoms with Gasteiger partial charge in [0.2, 0.25) is 0 Å². The Hall–Kier alpha value is -1.38. The van der Waals surface area contributed by atoms with Crippen LogP contribution in [0.25, 0.3) is 9.81 Å². The van der Waals surface area contributed by atoms with Gasteiger partial charge in [0.05, 0.1) is 0 Å². The summed E-state index contributed by atoms with van der Waals surface area (Å²) < 4.78 is 0. The Morgan fingerprint density at radius 1 is 0.611 bits per heavy atom. The second kappa shape index (κ2) is 5.51. The number of hydrogen-bond donors (Lipinski definition) is 0. The topological polar surface area (TPSA) is 0 Å². The van der Waals surface area contributed by atoms with Crippen LogP contribution in [0.4, 0.5) is 0 Å². The molecule has 0 nitrogen and oxygen atoms in total. The van der Waals surface area contributed by atoms with E-state index in [1.807, 2.05) is 24.3 Å². The van der Waals surface area contributed by atoms with Crippen molar-refractivity contribution in [2.45, 2.75) is 13.8 Å². The molecule has 0 saturated carbocycles. The second-order valence-electron chi connectivity index (χ2n) is 4.39. The van der Waals surface area contributed by atoms with Gasteiger partial charge in [-0.3, -0.25) is 0 Å². The molecule has 2 heteroatoms. The van der Waals surface area contributed by atoms with E-state index in [0.29, 0.717) is 0 Å². The zero-order valence-corrected chi connectivity index (χ0v) is 12.1. The number of aryl methyl sites for hydroxylation is 2. The summed E-state index contributed by atoms with van der Waals surface area (Å²) in [4.78, 5) is 1.49. The molecular formula is C16H14S2-2. The molecule has 0 atom stereocenters. The Kier molecular flexibility index (Phi) is 4.00. The number of benzene rings is 2. The van der Waals surface area contributed by atoms with Crippen molar-refractivity contribution in [3.8, 4) is 0 Å². The predicted octanol–water partition coefficient (Wildman–Crippen LogP) is 4.22. The Morgan fingerprint density at radius 3 is 1.17 bits per heavy atom. The Morgan fingerprint density at radius 2 is 0.889 bits per heavy atom. The highest BCUT2D eigenvalue weighted by molar-refractivity contribution is 7.77. The molecule has 0 aliphatic heterocycles. The summed E-state index contributed by atoms with van der Waals surface area (Å²) in [7, 11) is 0. The van der Waals surface area contributed by atoms with Gasteiger partial charge in [-0.15, -0.1) is 0 Å². The smallest absolute Gasteiger partial charge is 0.0398 e. The molecular weight excluding hydrogens is 256 g/mol. The fraction of sp³-hybridized carbons (Fsp3) is 0.125. The zero-order chi connectivity index (χ0) is 13.1. The van der Waals surface area contributed by atoms with E-state index in [2.05, 4.69) is 38.1 Å². The van der Waals surface area contributed by atoms with Crippen molar-refractivity contribution in [1.29, 1.82) is 0 Å². The van der Waals surface area contributed by atoms with Crippen LogP contribution in [0.5, 0.6) is 0 Å². The van der Waals surface area contributed by atoms with Crippen molar-refractivity contribution >= 4 is 35.1 Å². The van der Waals surface area contributed by atoms with Crippen molar-refractivity contribution in [2.24, 2.45) is 0 Å². The average molecular weight is 270 g/mol. The van der Waals surface area contributed by atoms with Crippen LogP contribution in [0, 0.1) is 13.8 Å². The lowest BCUT2D eigenvalue weighted by Gasteiger charge is -2.26. The van der Waals surface area contributed by atoms with Crippen molar-refractivity contribution in [3.05, 3.63) is 70.8 Å². The van der Waals surface area contributed by atoms with E-state index < -0.39 is 0 Å². The Bertz CT molecular complexity index is 510. The van der Waals surface area contributed by atoms with Crippen LogP contribution >= 0.6 is 0 Å². The van der Waals surface area contributed by atoms with Crippen LogP contribution in [-0.4, -0.2) is 0 Å². The molecule has 0 aliphatic carbocycles. The first-order chi connectivity index (χ1) is 8.58. The summed E-state index contributed by atoms with van der Waals surface area (Å²) in [5.41, 5.74) is 4.48. The first kappa shape index (κ1) is 13.1. The lowest BCUT2D eigenvalue weighted by molar-refractivity contribution is 1.45. The average Bonchev–Trinajstić information content (AvgIpc) is 2.39. The van der Waals surface area contributed by atoms with Gasteiger partial charge >= 0.3 is 0 Å². The summed E-state index contributed by atoms with van der Waals surface area (Å²) in [6, 6.07) is 16.3. The van der Waals surface area contributed by atoms with Gasteiger partial charge in [0.1, 0.15) is 0 Å². The summed E-state index contributed by atoms with van der Waals surface area (Å²) in [5.74, 6) is 0. The van der Waals surface area contributed by atoms with E-state index in [1.54, 1.807) is 0 Å². The van der Waals surface area contributed by atoms with Crippen molar-refractivity contribution in [3.63, 3.8) is 0 Å². The highest BCUT2D eigenvalue weighted by Crippen LogP contribution is 2.24. The minimum atomic E-state index is 0.744. The molecule has 0 bridgehead atoms. The van der Waals surface area contributed by atoms with Gasteiger partial charge < -0.3 is 25.3 Å². The first-order valence-electron chi connectivity index (χ1n) is 5.80. The Labute approximate surface area is 120 Å². The van der Waals surface area contributed by atoms with Gasteiger partial charge in [0.25, 0.3) is 0 Å². The summed E-state index contributed by atoms with van der Waals surface area (Å²) in [6.45, 7) is 4.12. The van der Waals surface area contributed by atoms with E-state index in [1.165, 1.54) is 11.1 Å². The molecule has 0 fully saturated rings. The zero-order valence-electron chi connectivity index (χ0n) is 10.4. The van der Waals surface area contributed by atoms with E-state index >= 15 is 0 Å². The molecule has 0 heterocycles. The molecule has 2 aromatic carbocycles. The fourth-order valence-electron chi connectivity index (χ4n) is 1.67. The molecule has 0 radical (unpaired) electrons. The minimum Gasteiger partial charge on any atom is -0.781 e. The largest absolute Gasteiger partial charge is 0.781 e. The molecule has 92 valence electrons. The van der Waals surface area contributed by atoms with Crippen LogP contribution in [0.1, 0.15) is 22.3 Å². The third-order valence-corrected chi connectivity index (χ3v) is 3.84. The van der Waals surface area contributed by atoms with Crippen LogP contribution in [0.2, 0.25) is 0 Å². The maximum Gasteiger partial charge on any atom is -0.0398 e. The van der Waals surface area contributed by atoms with Gasteiger partial charge in [-0.05, 0) is 25.0 Å². The van der Waals surface area contributed by atoms with E-state index in [-0.39, 0.29) is 0 Å².